The van der Waals surface area contributed by atoms with E-state index in [1.807, 2.05) is 6.92 Å². The summed E-state index contributed by atoms with van der Waals surface area (Å²) in [5, 5.41) is 0. The third-order valence-corrected chi connectivity index (χ3v) is 1.04. The molecule has 2 nitrogen and oxygen atoms in total. The molecule has 0 aliphatic rings. The molecule has 0 saturated carbocycles. The summed E-state index contributed by atoms with van der Waals surface area (Å²) in [6, 6.07) is 0. The van der Waals surface area contributed by atoms with E-state index in [0.29, 0.717) is 5.57 Å². The maximum atomic E-state index is 10.5. The van der Waals surface area contributed by atoms with Crippen LogP contribution in [0.1, 0.15) is 20.3 Å². The lowest BCUT2D eigenvalue weighted by atomic mass is 10.2. The first-order valence-corrected chi connectivity index (χ1v) is 3.03. The summed E-state index contributed by atoms with van der Waals surface area (Å²) in [6.07, 6.45) is 2.57. The minimum atomic E-state index is -0.474. The van der Waals surface area contributed by atoms with Crippen LogP contribution in [0, 0.1) is 0 Å². The average Bonchev–Trinajstić information content (AvgIpc) is 1.87. The number of halogens is 1. The van der Waals surface area contributed by atoms with Gasteiger partial charge in [-0.2, -0.15) is 0 Å². The molecular weight excluding hydrogens is 140 g/mol. The molecule has 0 spiro atoms. The van der Waals surface area contributed by atoms with Crippen molar-refractivity contribution in [3.05, 3.63) is 11.6 Å². The van der Waals surface area contributed by atoms with Crippen LogP contribution >= 0.6 is 11.9 Å². The van der Waals surface area contributed by atoms with Crippen molar-refractivity contribution in [3.63, 3.8) is 0 Å². The van der Waals surface area contributed by atoms with Crippen molar-refractivity contribution in [1.82, 2.24) is 0 Å². The second-order valence-electron chi connectivity index (χ2n) is 1.66. The van der Waals surface area contributed by atoms with E-state index in [-0.39, 0.29) is 0 Å². The predicted molar refractivity (Wildman–Crippen MR) is 36.0 cm³/mol. The van der Waals surface area contributed by atoms with Gasteiger partial charge in [0.15, 0.2) is 0 Å². The molecule has 0 atom stereocenters. The van der Waals surface area contributed by atoms with Crippen LogP contribution in [-0.2, 0) is 9.08 Å². The van der Waals surface area contributed by atoms with Crippen LogP contribution in [0.15, 0.2) is 11.6 Å². The predicted octanol–water partition coefficient (Wildman–Crippen LogP) is 2.04. The highest BCUT2D eigenvalue weighted by Crippen LogP contribution is 1.99. The minimum Gasteiger partial charge on any atom is -0.343 e. The molecule has 0 heterocycles. The van der Waals surface area contributed by atoms with Gasteiger partial charge in [-0.3, -0.25) is 0 Å². The summed E-state index contributed by atoms with van der Waals surface area (Å²) in [5.74, 6) is -0.474. The van der Waals surface area contributed by atoms with Gasteiger partial charge < -0.3 is 4.29 Å². The molecule has 0 N–H and O–H groups in total. The lowest BCUT2D eigenvalue weighted by Gasteiger charge is -1.91. The number of carbonyl (C=O) groups excluding carboxylic acids is 1. The first-order chi connectivity index (χ1) is 4.22. The lowest BCUT2D eigenvalue weighted by Crippen LogP contribution is -1.97. The Hall–Kier alpha value is -0.500. The van der Waals surface area contributed by atoms with Crippen molar-refractivity contribution < 1.29 is 9.08 Å². The summed E-state index contributed by atoms with van der Waals surface area (Å²) in [5.41, 5.74) is 0.549. The van der Waals surface area contributed by atoms with Gasteiger partial charge in [0.05, 0.1) is 0 Å². The van der Waals surface area contributed by atoms with E-state index in [9.17, 15) is 4.79 Å². The Morgan fingerprint density at radius 3 is 2.67 bits per heavy atom. The first kappa shape index (κ1) is 8.50. The molecule has 0 unspecified atom stereocenters. The van der Waals surface area contributed by atoms with Gasteiger partial charge in [-0.05, 0) is 13.3 Å². The quantitative estimate of drug-likeness (QED) is 0.561. The number of rotatable bonds is 2. The molecule has 0 fully saturated rings. The van der Waals surface area contributed by atoms with Gasteiger partial charge in [0.1, 0.15) is 11.9 Å². The lowest BCUT2D eigenvalue weighted by molar-refractivity contribution is -0.129. The zero-order valence-electron chi connectivity index (χ0n) is 5.48. The van der Waals surface area contributed by atoms with Crippen LogP contribution in [0.3, 0.4) is 0 Å². The largest absolute Gasteiger partial charge is 0.351 e. The van der Waals surface area contributed by atoms with Crippen LogP contribution in [-0.4, -0.2) is 5.97 Å². The molecule has 0 aromatic rings. The monoisotopic (exact) mass is 148 g/mol. The minimum absolute atomic E-state index is 0.474. The second kappa shape index (κ2) is 4.39. The number of allylic oxidation sites excluding steroid dienone is 1. The van der Waals surface area contributed by atoms with E-state index in [2.05, 4.69) is 4.29 Å². The molecule has 0 aliphatic carbocycles. The van der Waals surface area contributed by atoms with Gasteiger partial charge in [0.25, 0.3) is 0 Å². The van der Waals surface area contributed by atoms with Gasteiger partial charge in [-0.1, -0.05) is 13.0 Å². The first-order valence-electron chi connectivity index (χ1n) is 2.72. The van der Waals surface area contributed by atoms with E-state index < -0.39 is 5.97 Å². The molecule has 0 amide bonds. The highest BCUT2D eigenvalue weighted by molar-refractivity contribution is 6.15. The Morgan fingerprint density at radius 2 is 2.33 bits per heavy atom. The fourth-order valence-electron chi connectivity index (χ4n) is 0.450. The normalized spacial score (nSPS) is 11.2. The Morgan fingerprint density at radius 1 is 1.78 bits per heavy atom. The molecule has 3 heteroatoms. The van der Waals surface area contributed by atoms with Crippen molar-refractivity contribution in [3.8, 4) is 0 Å². The number of hydrogen-bond acceptors (Lipinski definition) is 2. The third-order valence-electron chi connectivity index (χ3n) is 0.902. The molecule has 0 radical (unpaired) electrons. The molecule has 9 heavy (non-hydrogen) atoms. The van der Waals surface area contributed by atoms with Crippen molar-refractivity contribution in [2.24, 2.45) is 0 Å². The van der Waals surface area contributed by atoms with Gasteiger partial charge in [-0.15, -0.1) is 0 Å². The van der Waals surface area contributed by atoms with Crippen molar-refractivity contribution in [2.75, 3.05) is 0 Å². The molecule has 0 bridgehead atoms. The van der Waals surface area contributed by atoms with E-state index in [4.69, 9.17) is 11.9 Å². The van der Waals surface area contributed by atoms with Crippen LogP contribution in [0.4, 0.5) is 0 Å². The smallest absolute Gasteiger partial charge is 0.343 e. The van der Waals surface area contributed by atoms with E-state index >= 15 is 0 Å². The Bertz CT molecular complexity index is 129. The van der Waals surface area contributed by atoms with Gasteiger partial charge >= 0.3 is 5.97 Å². The van der Waals surface area contributed by atoms with Crippen LogP contribution in [0.25, 0.3) is 0 Å². The zero-order chi connectivity index (χ0) is 7.28. The molecule has 0 saturated heterocycles. The Kier molecular flexibility index (Phi) is 4.14. The zero-order valence-corrected chi connectivity index (χ0v) is 6.23. The molecule has 0 aliphatic heterocycles. The van der Waals surface area contributed by atoms with Crippen LogP contribution in [0.2, 0.25) is 0 Å². The van der Waals surface area contributed by atoms with Crippen LogP contribution < -0.4 is 0 Å². The van der Waals surface area contributed by atoms with Gasteiger partial charge in [0.2, 0.25) is 0 Å². The Balaban J connectivity index is 3.86. The summed E-state index contributed by atoms with van der Waals surface area (Å²) < 4.78 is 3.93. The van der Waals surface area contributed by atoms with Gasteiger partial charge in [-0.25, -0.2) is 4.79 Å². The van der Waals surface area contributed by atoms with Crippen molar-refractivity contribution >= 4 is 17.8 Å². The summed E-state index contributed by atoms with van der Waals surface area (Å²) in [4.78, 5) is 10.5. The standard InChI is InChI=1S/C6H9ClO2/c1-3-4-5(2)6(8)9-7/h4H,3H2,1-2H3. The Labute approximate surface area is 59.6 Å². The van der Waals surface area contributed by atoms with Crippen molar-refractivity contribution in [1.29, 1.82) is 0 Å². The van der Waals surface area contributed by atoms with E-state index in [1.54, 1.807) is 13.0 Å². The van der Waals surface area contributed by atoms with Crippen LogP contribution in [0.5, 0.6) is 0 Å². The molecule has 0 aromatic carbocycles. The molecular formula is C6H9ClO2. The fourth-order valence-corrected chi connectivity index (χ4v) is 0.572. The number of carbonyl (C=O) groups is 1. The molecule has 0 rings (SSSR count). The maximum Gasteiger partial charge on any atom is 0.351 e. The average molecular weight is 149 g/mol. The summed E-state index contributed by atoms with van der Waals surface area (Å²) in [6.45, 7) is 3.60. The van der Waals surface area contributed by atoms with Crippen molar-refractivity contribution in [2.45, 2.75) is 20.3 Å². The van der Waals surface area contributed by atoms with E-state index in [0.717, 1.165) is 6.42 Å². The third kappa shape index (κ3) is 3.14. The second-order valence-corrected chi connectivity index (χ2v) is 1.81. The summed E-state index contributed by atoms with van der Waals surface area (Å²) >= 11 is 4.79. The molecule has 0 aromatic heterocycles. The molecule has 52 valence electrons. The SMILES string of the molecule is CCC=C(C)C(=O)OCl. The summed E-state index contributed by atoms with van der Waals surface area (Å²) in [7, 11) is 0. The fraction of sp³-hybridized carbons (Fsp3) is 0.500. The topological polar surface area (TPSA) is 26.3 Å². The van der Waals surface area contributed by atoms with E-state index in [1.165, 1.54) is 0 Å². The highest BCUT2D eigenvalue weighted by Gasteiger charge is 2.01. The van der Waals surface area contributed by atoms with Gasteiger partial charge in [0, 0.05) is 5.57 Å². The number of hydrogen-bond donors (Lipinski definition) is 0. The highest BCUT2D eigenvalue weighted by atomic mass is 35.5. The maximum absolute atomic E-state index is 10.5.